The average molecular weight is 248 g/mol. The summed E-state index contributed by atoms with van der Waals surface area (Å²) < 4.78 is 11.0. The number of aliphatic hydroxyl groups excluding tert-OH is 1. The van der Waals surface area contributed by atoms with Crippen molar-refractivity contribution in [3.63, 3.8) is 0 Å². The van der Waals surface area contributed by atoms with Gasteiger partial charge in [-0.2, -0.15) is 0 Å². The number of rotatable bonds is 5. The van der Waals surface area contributed by atoms with E-state index in [1.165, 1.54) is 18.4 Å². The van der Waals surface area contributed by atoms with Gasteiger partial charge in [0, 0.05) is 0 Å². The molecule has 3 nitrogen and oxygen atoms in total. The molecule has 1 aromatic carbocycles. The Balaban J connectivity index is 1.56. The lowest BCUT2D eigenvalue weighted by molar-refractivity contribution is 0.00977. The molecule has 1 fully saturated rings. The summed E-state index contributed by atoms with van der Waals surface area (Å²) in [6.07, 6.45) is 5.25. The highest BCUT2D eigenvalue weighted by Gasteiger charge is 2.21. The topological polar surface area (TPSA) is 38.7 Å². The number of benzene rings is 1. The summed E-state index contributed by atoms with van der Waals surface area (Å²) in [6, 6.07) is 5.99. The van der Waals surface area contributed by atoms with Crippen molar-refractivity contribution in [1.82, 2.24) is 0 Å². The average Bonchev–Trinajstić information content (AvgIpc) is 3.20. The molecule has 0 bridgehead atoms. The lowest BCUT2D eigenvalue weighted by atomic mass is 9.89. The second kappa shape index (κ2) is 5.29. The van der Waals surface area contributed by atoms with Crippen LogP contribution in [-0.4, -0.2) is 18.5 Å². The Morgan fingerprint density at radius 2 is 2.11 bits per heavy atom. The summed E-state index contributed by atoms with van der Waals surface area (Å²) in [5.41, 5.74) is 2.28. The Labute approximate surface area is 108 Å². The fourth-order valence-corrected chi connectivity index (χ4v) is 2.45. The molecule has 98 valence electrons. The SMILES string of the molecule is O[C@@H]1CCCc2ccc(OCOCC3CC3)cc21. The zero-order valence-electron chi connectivity index (χ0n) is 10.6. The highest BCUT2D eigenvalue weighted by atomic mass is 16.7. The van der Waals surface area contributed by atoms with Crippen LogP contribution < -0.4 is 4.74 Å². The van der Waals surface area contributed by atoms with Gasteiger partial charge in [0.25, 0.3) is 0 Å². The van der Waals surface area contributed by atoms with Crippen molar-refractivity contribution in [3.05, 3.63) is 29.3 Å². The summed E-state index contributed by atoms with van der Waals surface area (Å²) in [4.78, 5) is 0. The van der Waals surface area contributed by atoms with E-state index in [9.17, 15) is 5.11 Å². The lowest BCUT2D eigenvalue weighted by Crippen LogP contribution is -2.10. The van der Waals surface area contributed by atoms with Gasteiger partial charge in [0.15, 0.2) is 6.79 Å². The first-order chi connectivity index (χ1) is 8.83. The third-order valence-corrected chi connectivity index (χ3v) is 3.76. The first-order valence-electron chi connectivity index (χ1n) is 6.84. The zero-order chi connectivity index (χ0) is 12.4. The third-order valence-electron chi connectivity index (χ3n) is 3.76. The smallest absolute Gasteiger partial charge is 0.189 e. The van der Waals surface area contributed by atoms with Gasteiger partial charge in [-0.25, -0.2) is 0 Å². The third kappa shape index (κ3) is 2.85. The van der Waals surface area contributed by atoms with Crippen LogP contribution in [0.2, 0.25) is 0 Å². The van der Waals surface area contributed by atoms with Crippen LogP contribution in [0.5, 0.6) is 5.75 Å². The van der Waals surface area contributed by atoms with E-state index < -0.39 is 0 Å². The minimum absolute atomic E-state index is 0.311. The second-order valence-electron chi connectivity index (χ2n) is 5.35. The van der Waals surface area contributed by atoms with Gasteiger partial charge < -0.3 is 14.6 Å². The van der Waals surface area contributed by atoms with Crippen molar-refractivity contribution in [3.8, 4) is 5.75 Å². The number of ether oxygens (including phenoxy) is 2. The van der Waals surface area contributed by atoms with E-state index in [4.69, 9.17) is 9.47 Å². The van der Waals surface area contributed by atoms with Gasteiger partial charge in [0.2, 0.25) is 0 Å². The Morgan fingerprint density at radius 3 is 2.94 bits per heavy atom. The molecule has 0 amide bonds. The van der Waals surface area contributed by atoms with E-state index in [0.717, 1.165) is 43.1 Å². The van der Waals surface area contributed by atoms with Crippen molar-refractivity contribution >= 4 is 0 Å². The summed E-state index contributed by atoms with van der Waals surface area (Å²) >= 11 is 0. The van der Waals surface area contributed by atoms with E-state index >= 15 is 0 Å². The number of hydrogen-bond acceptors (Lipinski definition) is 3. The van der Waals surface area contributed by atoms with Gasteiger partial charge in [0.05, 0.1) is 12.7 Å². The Hall–Kier alpha value is -1.06. The maximum atomic E-state index is 9.95. The first-order valence-corrected chi connectivity index (χ1v) is 6.84. The monoisotopic (exact) mass is 248 g/mol. The quantitative estimate of drug-likeness (QED) is 0.643. The molecule has 3 heteroatoms. The molecule has 0 saturated heterocycles. The highest BCUT2D eigenvalue weighted by molar-refractivity contribution is 5.38. The van der Waals surface area contributed by atoms with E-state index in [0.29, 0.717) is 6.79 Å². The van der Waals surface area contributed by atoms with E-state index in [1.54, 1.807) is 0 Å². The predicted molar refractivity (Wildman–Crippen MR) is 68.5 cm³/mol. The highest BCUT2D eigenvalue weighted by Crippen LogP contribution is 2.32. The molecule has 0 heterocycles. The summed E-state index contributed by atoms with van der Waals surface area (Å²) in [5, 5.41) is 9.95. The van der Waals surface area contributed by atoms with E-state index in [-0.39, 0.29) is 6.10 Å². The van der Waals surface area contributed by atoms with Crippen LogP contribution in [-0.2, 0) is 11.2 Å². The molecule has 1 saturated carbocycles. The Kier molecular flexibility index (Phi) is 3.52. The normalized spacial score (nSPS) is 22.6. The molecule has 2 aliphatic carbocycles. The molecule has 1 atom stereocenters. The molecular formula is C15H20O3. The van der Waals surface area contributed by atoms with Crippen molar-refractivity contribution in [2.75, 3.05) is 13.4 Å². The van der Waals surface area contributed by atoms with Crippen molar-refractivity contribution in [2.45, 2.75) is 38.2 Å². The molecule has 2 aliphatic rings. The molecule has 0 spiro atoms. The molecule has 0 unspecified atom stereocenters. The van der Waals surface area contributed by atoms with E-state index in [1.807, 2.05) is 12.1 Å². The van der Waals surface area contributed by atoms with Crippen LogP contribution in [0.25, 0.3) is 0 Å². The summed E-state index contributed by atoms with van der Waals surface area (Å²) in [6.45, 7) is 1.12. The van der Waals surface area contributed by atoms with Crippen LogP contribution >= 0.6 is 0 Å². The van der Waals surface area contributed by atoms with E-state index in [2.05, 4.69) is 6.07 Å². The van der Waals surface area contributed by atoms with Crippen molar-refractivity contribution < 1.29 is 14.6 Å². The molecule has 0 aromatic heterocycles. The van der Waals surface area contributed by atoms with Crippen molar-refractivity contribution in [2.24, 2.45) is 5.92 Å². The predicted octanol–water partition coefficient (Wildman–Crippen LogP) is 2.82. The number of fused-ring (bicyclic) bond motifs is 1. The van der Waals surface area contributed by atoms with Gasteiger partial charge in [-0.3, -0.25) is 0 Å². The molecule has 0 aliphatic heterocycles. The maximum Gasteiger partial charge on any atom is 0.189 e. The number of hydrogen-bond donors (Lipinski definition) is 1. The number of aliphatic hydroxyl groups is 1. The van der Waals surface area contributed by atoms with Gasteiger partial charge in [-0.1, -0.05) is 6.07 Å². The number of aryl methyl sites for hydroxylation is 1. The fourth-order valence-electron chi connectivity index (χ4n) is 2.45. The van der Waals surface area contributed by atoms with Gasteiger partial charge in [-0.05, 0) is 61.3 Å². The van der Waals surface area contributed by atoms with Crippen LogP contribution in [0.15, 0.2) is 18.2 Å². The van der Waals surface area contributed by atoms with Crippen LogP contribution in [0.1, 0.15) is 42.9 Å². The molecule has 3 rings (SSSR count). The summed E-state index contributed by atoms with van der Waals surface area (Å²) in [7, 11) is 0. The molecule has 1 aromatic rings. The Morgan fingerprint density at radius 1 is 1.22 bits per heavy atom. The zero-order valence-corrected chi connectivity index (χ0v) is 10.6. The molecular weight excluding hydrogens is 228 g/mol. The minimum atomic E-state index is -0.329. The minimum Gasteiger partial charge on any atom is -0.468 e. The largest absolute Gasteiger partial charge is 0.468 e. The molecule has 18 heavy (non-hydrogen) atoms. The second-order valence-corrected chi connectivity index (χ2v) is 5.35. The van der Waals surface area contributed by atoms with Gasteiger partial charge in [-0.15, -0.1) is 0 Å². The molecule has 1 N–H and O–H groups in total. The molecule has 0 radical (unpaired) electrons. The first kappa shape index (κ1) is 12.0. The fraction of sp³-hybridized carbons (Fsp3) is 0.600. The van der Waals surface area contributed by atoms with Crippen molar-refractivity contribution in [1.29, 1.82) is 0 Å². The Bertz CT molecular complexity index is 412. The van der Waals surface area contributed by atoms with Crippen LogP contribution in [0.4, 0.5) is 0 Å². The van der Waals surface area contributed by atoms with Crippen LogP contribution in [0, 0.1) is 5.92 Å². The van der Waals surface area contributed by atoms with Gasteiger partial charge >= 0.3 is 0 Å². The van der Waals surface area contributed by atoms with Crippen LogP contribution in [0.3, 0.4) is 0 Å². The lowest BCUT2D eigenvalue weighted by Gasteiger charge is -2.21. The van der Waals surface area contributed by atoms with Gasteiger partial charge in [0.1, 0.15) is 5.75 Å². The summed E-state index contributed by atoms with van der Waals surface area (Å²) in [5.74, 6) is 1.56. The standard InChI is InChI=1S/C15H20O3/c16-15-3-1-2-12-6-7-13(8-14(12)15)18-10-17-9-11-4-5-11/h6-8,11,15-16H,1-5,9-10H2/t15-/m1/s1. The maximum absolute atomic E-state index is 9.95.